The van der Waals surface area contributed by atoms with Crippen molar-refractivity contribution in [1.82, 2.24) is 14.3 Å². The van der Waals surface area contributed by atoms with Crippen molar-refractivity contribution in [3.63, 3.8) is 0 Å². The highest BCUT2D eigenvalue weighted by atomic mass is 32.2. The quantitative estimate of drug-likeness (QED) is 0.808. The molecular weight excluding hydrogens is 362 g/mol. The first-order chi connectivity index (χ1) is 13.0. The summed E-state index contributed by atoms with van der Waals surface area (Å²) < 4.78 is 33.6. The molecule has 1 aliphatic carbocycles. The van der Waals surface area contributed by atoms with Crippen LogP contribution in [-0.4, -0.2) is 35.8 Å². The highest BCUT2D eigenvalue weighted by molar-refractivity contribution is 7.89. The van der Waals surface area contributed by atoms with Crippen molar-refractivity contribution in [1.29, 1.82) is 0 Å². The molecule has 0 N–H and O–H groups in total. The summed E-state index contributed by atoms with van der Waals surface area (Å²) in [6.45, 7) is 3.19. The number of hydrogen-bond donors (Lipinski definition) is 0. The molecule has 27 heavy (non-hydrogen) atoms. The number of fused-ring (bicyclic) bond motifs is 3. The molecule has 3 aliphatic rings. The summed E-state index contributed by atoms with van der Waals surface area (Å²) in [5.74, 6) is 0.832. The number of aryl methyl sites for hydroxylation is 3. The fraction of sp³-hybridized carbons (Fsp3) is 0.500. The van der Waals surface area contributed by atoms with Crippen molar-refractivity contribution in [3.05, 3.63) is 52.6 Å². The second kappa shape index (κ2) is 6.09. The monoisotopic (exact) mass is 385 g/mol. The normalized spacial score (nSPS) is 20.5. The molecule has 0 atom stereocenters. The first-order valence-corrected chi connectivity index (χ1v) is 11.1. The Morgan fingerprint density at radius 1 is 1.22 bits per heavy atom. The lowest BCUT2D eigenvalue weighted by molar-refractivity contribution is -0.112. The van der Waals surface area contributed by atoms with E-state index in [1.807, 2.05) is 18.3 Å². The summed E-state index contributed by atoms with van der Waals surface area (Å²) in [5, 5.41) is 0. The summed E-state index contributed by atoms with van der Waals surface area (Å²) in [6.07, 6.45) is 6.80. The summed E-state index contributed by atoms with van der Waals surface area (Å²) in [7, 11) is -3.49. The number of rotatable bonds is 4. The lowest BCUT2D eigenvalue weighted by Crippen LogP contribution is -2.61. The van der Waals surface area contributed by atoms with Gasteiger partial charge in [0, 0.05) is 31.3 Å². The Kier molecular flexibility index (Phi) is 3.90. The summed E-state index contributed by atoms with van der Waals surface area (Å²) >= 11 is 0. The second-order valence-electron chi connectivity index (χ2n) is 7.74. The van der Waals surface area contributed by atoms with Crippen LogP contribution < -0.4 is 0 Å². The minimum atomic E-state index is -3.49. The van der Waals surface area contributed by atoms with Crippen LogP contribution in [0.1, 0.15) is 48.0 Å². The molecule has 0 bridgehead atoms. The molecule has 1 saturated heterocycles. The molecule has 6 nitrogen and oxygen atoms in total. The van der Waals surface area contributed by atoms with Gasteiger partial charge in [0.1, 0.15) is 11.4 Å². The second-order valence-corrected chi connectivity index (χ2v) is 9.67. The molecule has 1 fully saturated rings. The number of ether oxygens (including phenoxy) is 1. The van der Waals surface area contributed by atoms with Gasteiger partial charge in [-0.15, -0.1) is 0 Å². The molecule has 0 unspecified atom stereocenters. The molecule has 142 valence electrons. The summed E-state index contributed by atoms with van der Waals surface area (Å²) in [4.78, 5) is 9.44. The van der Waals surface area contributed by atoms with Gasteiger partial charge in [0.05, 0.1) is 17.2 Å². The zero-order valence-electron chi connectivity index (χ0n) is 15.4. The van der Waals surface area contributed by atoms with Crippen molar-refractivity contribution in [2.75, 3.05) is 13.1 Å². The third-order valence-corrected chi connectivity index (χ3v) is 7.73. The average molecular weight is 385 g/mol. The Labute approximate surface area is 159 Å². The first-order valence-electron chi connectivity index (χ1n) is 9.63. The average Bonchev–Trinajstić information content (AvgIpc) is 3.24. The Morgan fingerprint density at radius 2 is 2.04 bits per heavy atom. The smallest absolute Gasteiger partial charge is 0.243 e. The van der Waals surface area contributed by atoms with Gasteiger partial charge in [-0.05, 0) is 48.9 Å². The fourth-order valence-corrected chi connectivity index (χ4v) is 5.98. The van der Waals surface area contributed by atoms with E-state index in [2.05, 4.69) is 16.9 Å². The van der Waals surface area contributed by atoms with Crippen LogP contribution in [0.25, 0.3) is 0 Å². The molecule has 0 amide bonds. The zero-order chi connectivity index (χ0) is 18.6. The number of benzene rings is 1. The van der Waals surface area contributed by atoms with Gasteiger partial charge in [0.25, 0.3) is 0 Å². The Balaban J connectivity index is 1.38. The van der Waals surface area contributed by atoms with Crippen molar-refractivity contribution in [2.45, 2.75) is 56.1 Å². The number of aromatic nitrogens is 2. The molecule has 0 radical (unpaired) electrons. The van der Waals surface area contributed by atoms with Gasteiger partial charge in [0.2, 0.25) is 10.0 Å². The predicted molar refractivity (Wildman–Crippen MR) is 99.7 cm³/mol. The minimum Gasteiger partial charge on any atom is -0.361 e. The van der Waals surface area contributed by atoms with Crippen LogP contribution in [0.5, 0.6) is 0 Å². The molecule has 1 aromatic heterocycles. The number of nitrogens with zero attached hydrogens (tertiary/aromatic N) is 3. The van der Waals surface area contributed by atoms with Crippen LogP contribution >= 0.6 is 0 Å². The molecule has 3 heterocycles. The third-order valence-electron chi connectivity index (χ3n) is 5.94. The minimum absolute atomic E-state index is 0.329. The Morgan fingerprint density at radius 3 is 2.85 bits per heavy atom. The molecule has 1 spiro atoms. The number of hydrogen-bond acceptors (Lipinski definition) is 5. The van der Waals surface area contributed by atoms with E-state index in [9.17, 15) is 8.42 Å². The number of sulfonamides is 1. The van der Waals surface area contributed by atoms with Gasteiger partial charge in [-0.2, -0.15) is 4.31 Å². The Hall–Kier alpha value is -1.83. The van der Waals surface area contributed by atoms with Crippen LogP contribution in [0, 0.1) is 0 Å². The van der Waals surface area contributed by atoms with Crippen LogP contribution in [-0.2, 0) is 46.2 Å². The van der Waals surface area contributed by atoms with E-state index in [0.29, 0.717) is 24.6 Å². The maximum atomic E-state index is 13.0. The molecule has 0 saturated carbocycles. The molecule has 2 aliphatic heterocycles. The van der Waals surface area contributed by atoms with Crippen molar-refractivity contribution < 1.29 is 13.2 Å². The maximum Gasteiger partial charge on any atom is 0.243 e. The van der Waals surface area contributed by atoms with Crippen LogP contribution in [0.4, 0.5) is 0 Å². The lowest BCUT2D eigenvalue weighted by Gasteiger charge is -2.46. The summed E-state index contributed by atoms with van der Waals surface area (Å²) in [5.41, 5.74) is 3.72. The van der Waals surface area contributed by atoms with E-state index >= 15 is 0 Å². The molecule has 5 rings (SSSR count). The molecular formula is C20H23N3O3S. The zero-order valence-corrected chi connectivity index (χ0v) is 16.3. The van der Waals surface area contributed by atoms with E-state index < -0.39 is 15.6 Å². The van der Waals surface area contributed by atoms with Crippen LogP contribution in [0.2, 0.25) is 0 Å². The van der Waals surface area contributed by atoms with Gasteiger partial charge in [-0.25, -0.2) is 18.4 Å². The molecule has 1 aromatic carbocycles. The molecule has 7 heteroatoms. The topological polar surface area (TPSA) is 72.4 Å². The Bertz CT molecular complexity index is 1010. The van der Waals surface area contributed by atoms with Crippen molar-refractivity contribution >= 4 is 10.0 Å². The first kappa shape index (κ1) is 17.3. The van der Waals surface area contributed by atoms with Gasteiger partial charge >= 0.3 is 0 Å². The van der Waals surface area contributed by atoms with Gasteiger partial charge < -0.3 is 4.74 Å². The highest BCUT2D eigenvalue weighted by Gasteiger charge is 2.54. The largest absolute Gasteiger partial charge is 0.361 e. The predicted octanol–water partition coefficient (Wildman–Crippen LogP) is 2.35. The lowest BCUT2D eigenvalue weighted by atomic mass is 9.90. The van der Waals surface area contributed by atoms with Crippen LogP contribution in [0.3, 0.4) is 0 Å². The van der Waals surface area contributed by atoms with E-state index in [0.717, 1.165) is 49.2 Å². The van der Waals surface area contributed by atoms with E-state index in [1.54, 1.807) is 6.07 Å². The van der Waals surface area contributed by atoms with Gasteiger partial charge in [0.15, 0.2) is 0 Å². The fourth-order valence-electron chi connectivity index (χ4n) is 4.39. The van der Waals surface area contributed by atoms with Gasteiger partial charge in [-0.1, -0.05) is 13.0 Å². The standard InChI is InChI=1S/C20H23N3O3S/c1-2-4-19-21-10-17-18(22-19)11-26-20(17)12-23(13-20)27(24,25)16-8-7-14-5-3-6-15(14)9-16/h7-10H,2-6,11-13H2,1H3. The third kappa shape index (κ3) is 2.63. The summed E-state index contributed by atoms with van der Waals surface area (Å²) in [6, 6.07) is 5.57. The van der Waals surface area contributed by atoms with E-state index in [4.69, 9.17) is 4.74 Å². The van der Waals surface area contributed by atoms with E-state index in [-0.39, 0.29) is 0 Å². The highest BCUT2D eigenvalue weighted by Crippen LogP contribution is 2.44. The van der Waals surface area contributed by atoms with Crippen molar-refractivity contribution in [3.8, 4) is 0 Å². The SMILES string of the molecule is CCCc1ncc2c(n1)COC21CN(S(=O)(=O)c2ccc3c(c2)CCC3)C1. The van der Waals surface area contributed by atoms with Crippen LogP contribution in [0.15, 0.2) is 29.3 Å². The molecule has 2 aromatic rings. The van der Waals surface area contributed by atoms with E-state index in [1.165, 1.54) is 15.4 Å². The van der Waals surface area contributed by atoms with Crippen molar-refractivity contribution in [2.24, 2.45) is 0 Å². The maximum absolute atomic E-state index is 13.0. The van der Waals surface area contributed by atoms with Gasteiger partial charge in [-0.3, -0.25) is 0 Å².